The molecule has 1 fully saturated rings. The minimum Gasteiger partial charge on any atom is -0.486 e. The SMILES string of the molecule is C[C@@H](Oc1ccc(/C=C2\C(=O)NC(=O)N(Cc3ccccc3)C2=O)cc1)c1ccccc1. The lowest BCUT2D eigenvalue weighted by atomic mass is 10.1. The van der Waals surface area contributed by atoms with Crippen LogP contribution in [0.1, 0.15) is 29.7 Å². The van der Waals surface area contributed by atoms with Gasteiger partial charge in [-0.25, -0.2) is 4.79 Å². The van der Waals surface area contributed by atoms with Gasteiger partial charge in [0.1, 0.15) is 17.4 Å². The van der Waals surface area contributed by atoms with Gasteiger partial charge in [-0.15, -0.1) is 0 Å². The van der Waals surface area contributed by atoms with Crippen molar-refractivity contribution in [2.75, 3.05) is 0 Å². The Bertz CT molecular complexity index is 1160. The van der Waals surface area contributed by atoms with Crippen LogP contribution in [0.25, 0.3) is 6.08 Å². The van der Waals surface area contributed by atoms with Crippen LogP contribution in [0.3, 0.4) is 0 Å². The first-order chi connectivity index (χ1) is 15.5. The van der Waals surface area contributed by atoms with Crippen LogP contribution in [0.2, 0.25) is 0 Å². The molecule has 32 heavy (non-hydrogen) atoms. The van der Waals surface area contributed by atoms with E-state index >= 15 is 0 Å². The second-order valence-corrected chi connectivity index (χ2v) is 7.43. The Balaban J connectivity index is 1.49. The first-order valence-corrected chi connectivity index (χ1v) is 10.3. The summed E-state index contributed by atoms with van der Waals surface area (Å²) in [6.07, 6.45) is 1.36. The molecule has 0 bridgehead atoms. The smallest absolute Gasteiger partial charge is 0.331 e. The lowest BCUT2D eigenvalue weighted by Crippen LogP contribution is -2.53. The number of ether oxygens (including phenoxy) is 1. The van der Waals surface area contributed by atoms with Gasteiger partial charge in [-0.05, 0) is 41.8 Å². The van der Waals surface area contributed by atoms with Crippen molar-refractivity contribution in [1.82, 2.24) is 10.2 Å². The van der Waals surface area contributed by atoms with Crippen LogP contribution in [0, 0.1) is 0 Å². The van der Waals surface area contributed by atoms with Crippen molar-refractivity contribution in [2.24, 2.45) is 0 Å². The Morgan fingerprint density at radius 3 is 2.16 bits per heavy atom. The molecule has 6 heteroatoms. The van der Waals surface area contributed by atoms with E-state index in [0.29, 0.717) is 11.3 Å². The number of benzene rings is 3. The van der Waals surface area contributed by atoms with E-state index in [2.05, 4.69) is 5.32 Å². The van der Waals surface area contributed by atoms with Crippen LogP contribution in [0.15, 0.2) is 90.5 Å². The molecule has 3 aromatic carbocycles. The van der Waals surface area contributed by atoms with Crippen molar-refractivity contribution in [3.05, 3.63) is 107 Å². The monoisotopic (exact) mass is 426 g/mol. The largest absolute Gasteiger partial charge is 0.486 e. The van der Waals surface area contributed by atoms with Gasteiger partial charge >= 0.3 is 6.03 Å². The predicted octanol–water partition coefficient (Wildman–Crippen LogP) is 4.49. The molecule has 1 N–H and O–H groups in total. The standard InChI is InChI=1S/C26H22N2O4/c1-18(21-10-6-3-7-11-21)32-22-14-12-19(13-15-22)16-23-24(29)27-26(31)28(25(23)30)17-20-8-4-2-5-9-20/h2-16,18H,17H2,1H3,(H,27,29,31)/b23-16+/t18-/m1/s1. The number of nitrogens with one attached hydrogen (secondary N) is 1. The lowest BCUT2D eigenvalue weighted by Gasteiger charge is -2.26. The summed E-state index contributed by atoms with van der Waals surface area (Å²) in [5, 5.41) is 2.24. The highest BCUT2D eigenvalue weighted by atomic mass is 16.5. The molecule has 0 unspecified atom stereocenters. The third kappa shape index (κ3) is 4.75. The maximum atomic E-state index is 12.9. The van der Waals surface area contributed by atoms with Crippen molar-refractivity contribution >= 4 is 23.9 Å². The summed E-state index contributed by atoms with van der Waals surface area (Å²) >= 11 is 0. The average Bonchev–Trinajstić information content (AvgIpc) is 2.82. The Morgan fingerprint density at radius 1 is 0.875 bits per heavy atom. The molecule has 4 amide bonds. The second kappa shape index (κ2) is 9.31. The maximum absolute atomic E-state index is 12.9. The lowest BCUT2D eigenvalue weighted by molar-refractivity contribution is -0.130. The van der Waals surface area contributed by atoms with Gasteiger partial charge < -0.3 is 4.74 Å². The van der Waals surface area contributed by atoms with Crippen molar-refractivity contribution in [1.29, 1.82) is 0 Å². The number of amides is 4. The molecule has 1 heterocycles. The summed E-state index contributed by atoms with van der Waals surface area (Å²) in [4.78, 5) is 38.4. The average molecular weight is 426 g/mol. The van der Waals surface area contributed by atoms with Gasteiger partial charge in [0.25, 0.3) is 11.8 Å². The highest BCUT2D eigenvalue weighted by molar-refractivity contribution is 6.30. The van der Waals surface area contributed by atoms with E-state index in [-0.39, 0.29) is 18.2 Å². The molecule has 1 aliphatic rings. The maximum Gasteiger partial charge on any atom is 0.331 e. The molecule has 0 radical (unpaired) electrons. The fraction of sp³-hybridized carbons (Fsp3) is 0.115. The normalized spacial score (nSPS) is 16.1. The molecule has 1 saturated heterocycles. The van der Waals surface area contributed by atoms with Crippen LogP contribution in [0.5, 0.6) is 5.75 Å². The molecule has 0 spiro atoms. The number of urea groups is 1. The van der Waals surface area contributed by atoms with E-state index in [1.165, 1.54) is 6.08 Å². The Hall–Kier alpha value is -4.19. The number of imide groups is 2. The third-order valence-electron chi connectivity index (χ3n) is 5.14. The zero-order valence-electron chi connectivity index (χ0n) is 17.5. The number of carbonyl (C=O) groups excluding carboxylic acids is 3. The van der Waals surface area contributed by atoms with E-state index in [1.54, 1.807) is 24.3 Å². The highest BCUT2D eigenvalue weighted by Crippen LogP contribution is 2.23. The first-order valence-electron chi connectivity index (χ1n) is 10.3. The number of carbonyl (C=O) groups is 3. The molecule has 160 valence electrons. The predicted molar refractivity (Wildman–Crippen MR) is 120 cm³/mol. The van der Waals surface area contributed by atoms with Crippen LogP contribution < -0.4 is 10.1 Å². The Kier molecular flexibility index (Phi) is 6.12. The van der Waals surface area contributed by atoms with E-state index < -0.39 is 17.8 Å². The van der Waals surface area contributed by atoms with E-state index in [4.69, 9.17) is 4.74 Å². The van der Waals surface area contributed by atoms with Crippen molar-refractivity contribution in [3.63, 3.8) is 0 Å². The zero-order chi connectivity index (χ0) is 22.5. The molecule has 1 aliphatic heterocycles. The minimum absolute atomic E-state index is 0.0836. The van der Waals surface area contributed by atoms with Crippen molar-refractivity contribution in [2.45, 2.75) is 19.6 Å². The van der Waals surface area contributed by atoms with Gasteiger partial charge in [-0.2, -0.15) is 0 Å². The summed E-state index contributed by atoms with van der Waals surface area (Å²) in [6, 6.07) is 25.4. The summed E-state index contributed by atoms with van der Waals surface area (Å²) in [5.74, 6) is -0.660. The topological polar surface area (TPSA) is 75.7 Å². The fourth-order valence-electron chi connectivity index (χ4n) is 3.41. The molecule has 3 aromatic rings. The van der Waals surface area contributed by atoms with Crippen molar-refractivity contribution < 1.29 is 19.1 Å². The van der Waals surface area contributed by atoms with Gasteiger partial charge in [0.2, 0.25) is 0 Å². The van der Waals surface area contributed by atoms with Gasteiger partial charge in [0.15, 0.2) is 0 Å². The summed E-state index contributed by atoms with van der Waals surface area (Å²) in [7, 11) is 0. The highest BCUT2D eigenvalue weighted by Gasteiger charge is 2.35. The van der Waals surface area contributed by atoms with Gasteiger partial charge in [-0.1, -0.05) is 72.8 Å². The molecule has 0 aromatic heterocycles. The van der Waals surface area contributed by atoms with Crippen LogP contribution in [-0.2, 0) is 16.1 Å². The first kappa shape index (κ1) is 21.1. The third-order valence-corrected chi connectivity index (χ3v) is 5.14. The molecule has 0 aliphatic carbocycles. The second-order valence-electron chi connectivity index (χ2n) is 7.43. The molecular weight excluding hydrogens is 404 g/mol. The Labute approximate surface area is 186 Å². The zero-order valence-corrected chi connectivity index (χ0v) is 17.5. The Morgan fingerprint density at radius 2 is 1.50 bits per heavy atom. The van der Waals surface area contributed by atoms with Gasteiger partial charge in [0, 0.05) is 0 Å². The quantitative estimate of drug-likeness (QED) is 0.466. The van der Waals surface area contributed by atoms with Crippen LogP contribution in [-0.4, -0.2) is 22.7 Å². The van der Waals surface area contributed by atoms with E-state index in [9.17, 15) is 14.4 Å². The van der Waals surface area contributed by atoms with Gasteiger partial charge in [0.05, 0.1) is 6.54 Å². The molecule has 6 nitrogen and oxygen atoms in total. The number of barbiturate groups is 1. The fourth-order valence-corrected chi connectivity index (χ4v) is 3.41. The number of hydrogen-bond donors (Lipinski definition) is 1. The number of hydrogen-bond acceptors (Lipinski definition) is 4. The summed E-state index contributed by atoms with van der Waals surface area (Å²) in [6.45, 7) is 2.05. The van der Waals surface area contributed by atoms with Crippen LogP contribution in [0.4, 0.5) is 4.79 Å². The molecule has 1 atom stereocenters. The molecule has 0 saturated carbocycles. The summed E-state index contributed by atoms with van der Waals surface area (Å²) in [5.41, 5.74) is 2.41. The van der Waals surface area contributed by atoms with Crippen molar-refractivity contribution in [3.8, 4) is 5.75 Å². The van der Waals surface area contributed by atoms with E-state index in [0.717, 1.165) is 16.0 Å². The van der Waals surface area contributed by atoms with Gasteiger partial charge in [-0.3, -0.25) is 19.8 Å². The summed E-state index contributed by atoms with van der Waals surface area (Å²) < 4.78 is 5.97. The molecular formula is C26H22N2O4. The number of rotatable bonds is 6. The number of nitrogens with zero attached hydrogens (tertiary/aromatic N) is 1. The minimum atomic E-state index is -0.723. The van der Waals surface area contributed by atoms with E-state index in [1.807, 2.05) is 67.6 Å². The molecule has 4 rings (SSSR count). The van der Waals surface area contributed by atoms with Crippen LogP contribution >= 0.6 is 0 Å².